The summed E-state index contributed by atoms with van der Waals surface area (Å²) < 4.78 is 0. The molecule has 0 aromatic heterocycles. The minimum Gasteiger partial charge on any atom is -0.480 e. The SMILES string of the molecule is CCC(C)[C@H](N)C(=O)N[C@@H](Cc1ccccc1)C(=O)O. The van der Waals surface area contributed by atoms with Crippen LogP contribution in [-0.4, -0.2) is 29.1 Å². The third-order valence-electron chi connectivity index (χ3n) is 3.46. The van der Waals surface area contributed by atoms with Crippen molar-refractivity contribution in [1.29, 1.82) is 0 Å². The Morgan fingerprint density at radius 3 is 2.40 bits per heavy atom. The number of carbonyl (C=O) groups excluding carboxylic acids is 1. The Morgan fingerprint density at radius 2 is 1.90 bits per heavy atom. The summed E-state index contributed by atoms with van der Waals surface area (Å²) in [5, 5.41) is 11.7. The molecule has 0 radical (unpaired) electrons. The number of benzene rings is 1. The van der Waals surface area contributed by atoms with Gasteiger partial charge in [0.1, 0.15) is 6.04 Å². The van der Waals surface area contributed by atoms with Gasteiger partial charge in [-0.2, -0.15) is 0 Å². The van der Waals surface area contributed by atoms with E-state index in [0.29, 0.717) is 0 Å². The number of carbonyl (C=O) groups is 2. The van der Waals surface area contributed by atoms with E-state index in [2.05, 4.69) is 5.32 Å². The Labute approximate surface area is 119 Å². The molecule has 1 aromatic rings. The molecule has 1 aromatic carbocycles. The fraction of sp³-hybridized carbons (Fsp3) is 0.467. The van der Waals surface area contributed by atoms with Crippen molar-refractivity contribution in [3.63, 3.8) is 0 Å². The number of aliphatic carboxylic acids is 1. The van der Waals surface area contributed by atoms with Crippen LogP contribution >= 0.6 is 0 Å². The maximum Gasteiger partial charge on any atom is 0.326 e. The van der Waals surface area contributed by atoms with Crippen LogP contribution in [0.5, 0.6) is 0 Å². The van der Waals surface area contributed by atoms with Gasteiger partial charge in [-0.3, -0.25) is 4.79 Å². The Kier molecular flexibility index (Phi) is 6.18. The van der Waals surface area contributed by atoms with Crippen molar-refractivity contribution in [3.8, 4) is 0 Å². The Bertz CT molecular complexity index is 448. The molecule has 0 spiro atoms. The quantitative estimate of drug-likeness (QED) is 0.698. The van der Waals surface area contributed by atoms with Crippen LogP contribution in [0.4, 0.5) is 0 Å². The van der Waals surface area contributed by atoms with E-state index in [9.17, 15) is 14.7 Å². The van der Waals surface area contributed by atoms with Gasteiger partial charge in [0.15, 0.2) is 0 Å². The Morgan fingerprint density at radius 1 is 1.30 bits per heavy atom. The van der Waals surface area contributed by atoms with E-state index in [0.717, 1.165) is 12.0 Å². The summed E-state index contributed by atoms with van der Waals surface area (Å²) in [6.07, 6.45) is 1.01. The minimum atomic E-state index is -1.06. The third kappa shape index (κ3) is 4.66. The van der Waals surface area contributed by atoms with Crippen LogP contribution in [0.25, 0.3) is 0 Å². The van der Waals surface area contributed by atoms with Gasteiger partial charge in [0.25, 0.3) is 0 Å². The van der Waals surface area contributed by atoms with Gasteiger partial charge in [-0.1, -0.05) is 50.6 Å². The van der Waals surface area contributed by atoms with Crippen molar-refractivity contribution in [2.75, 3.05) is 0 Å². The number of amides is 1. The number of nitrogens with one attached hydrogen (secondary N) is 1. The predicted octanol–water partition coefficient (Wildman–Crippen LogP) is 1.17. The summed E-state index contributed by atoms with van der Waals surface area (Å²) in [6.45, 7) is 3.81. The van der Waals surface area contributed by atoms with Gasteiger partial charge in [0, 0.05) is 6.42 Å². The summed E-state index contributed by atoms with van der Waals surface area (Å²) in [7, 11) is 0. The van der Waals surface area contributed by atoms with E-state index in [1.807, 2.05) is 44.2 Å². The number of rotatable bonds is 7. The van der Waals surface area contributed by atoms with E-state index < -0.39 is 24.0 Å². The maximum absolute atomic E-state index is 11.9. The van der Waals surface area contributed by atoms with Gasteiger partial charge in [0.2, 0.25) is 5.91 Å². The zero-order chi connectivity index (χ0) is 15.1. The lowest BCUT2D eigenvalue weighted by molar-refractivity contribution is -0.142. The molecule has 1 rings (SSSR count). The highest BCUT2D eigenvalue weighted by Gasteiger charge is 2.25. The second-order valence-corrected chi connectivity index (χ2v) is 5.00. The first-order chi connectivity index (χ1) is 9.45. The van der Waals surface area contributed by atoms with Crippen LogP contribution in [-0.2, 0) is 16.0 Å². The molecule has 5 heteroatoms. The van der Waals surface area contributed by atoms with Gasteiger partial charge in [-0.25, -0.2) is 4.79 Å². The summed E-state index contributed by atoms with van der Waals surface area (Å²) >= 11 is 0. The Balaban J connectivity index is 2.68. The zero-order valence-corrected chi connectivity index (χ0v) is 11.9. The van der Waals surface area contributed by atoms with E-state index >= 15 is 0 Å². The first kappa shape index (κ1) is 16.2. The van der Waals surface area contributed by atoms with Gasteiger partial charge >= 0.3 is 5.97 Å². The molecule has 0 saturated carbocycles. The second kappa shape index (κ2) is 7.65. The standard InChI is InChI=1S/C15H22N2O3/c1-3-10(2)13(16)14(18)17-12(15(19)20)9-11-7-5-4-6-8-11/h4-8,10,12-13H,3,9,16H2,1-2H3,(H,17,18)(H,19,20)/t10?,12-,13-/m0/s1. The topological polar surface area (TPSA) is 92.4 Å². The molecule has 0 aliphatic heterocycles. The fourth-order valence-corrected chi connectivity index (χ4v) is 1.83. The first-order valence-corrected chi connectivity index (χ1v) is 6.78. The molecule has 0 fully saturated rings. The van der Waals surface area contributed by atoms with E-state index in [4.69, 9.17) is 5.73 Å². The summed E-state index contributed by atoms with van der Waals surface area (Å²) in [5.74, 6) is -1.46. The normalized spacial score (nSPS) is 15.2. The molecule has 20 heavy (non-hydrogen) atoms. The van der Waals surface area contributed by atoms with Crippen LogP contribution in [0.1, 0.15) is 25.8 Å². The van der Waals surface area contributed by atoms with Crippen LogP contribution in [0, 0.1) is 5.92 Å². The van der Waals surface area contributed by atoms with Crippen LogP contribution in [0.15, 0.2) is 30.3 Å². The Hall–Kier alpha value is -1.88. The molecular weight excluding hydrogens is 256 g/mol. The summed E-state index contributed by atoms with van der Waals surface area (Å²) in [5.41, 5.74) is 6.67. The second-order valence-electron chi connectivity index (χ2n) is 5.00. The predicted molar refractivity (Wildman–Crippen MR) is 77.1 cm³/mol. The first-order valence-electron chi connectivity index (χ1n) is 6.78. The number of carboxylic acid groups (broad SMARTS) is 1. The zero-order valence-electron chi connectivity index (χ0n) is 11.9. The third-order valence-corrected chi connectivity index (χ3v) is 3.46. The molecule has 1 unspecified atom stereocenters. The molecule has 0 bridgehead atoms. The highest BCUT2D eigenvalue weighted by molar-refractivity contribution is 5.87. The van der Waals surface area contributed by atoms with Crippen LogP contribution in [0.2, 0.25) is 0 Å². The van der Waals surface area contributed by atoms with E-state index in [1.165, 1.54) is 0 Å². The van der Waals surface area contributed by atoms with E-state index in [1.54, 1.807) is 0 Å². The largest absolute Gasteiger partial charge is 0.480 e. The van der Waals surface area contributed by atoms with Crippen LogP contribution < -0.4 is 11.1 Å². The highest BCUT2D eigenvalue weighted by Crippen LogP contribution is 2.07. The van der Waals surface area contributed by atoms with Crippen LogP contribution in [0.3, 0.4) is 0 Å². The molecule has 1 amide bonds. The molecule has 0 saturated heterocycles. The minimum absolute atomic E-state index is 0.0150. The monoisotopic (exact) mass is 278 g/mol. The molecule has 0 heterocycles. The fourth-order valence-electron chi connectivity index (χ4n) is 1.83. The lowest BCUT2D eigenvalue weighted by Gasteiger charge is -2.21. The van der Waals surface area contributed by atoms with Crippen molar-refractivity contribution in [2.24, 2.45) is 11.7 Å². The van der Waals surface area contributed by atoms with Gasteiger partial charge < -0.3 is 16.2 Å². The summed E-state index contributed by atoms with van der Waals surface area (Å²) in [6, 6.07) is 7.55. The lowest BCUT2D eigenvalue weighted by atomic mass is 9.98. The van der Waals surface area contributed by atoms with Crippen molar-refractivity contribution in [3.05, 3.63) is 35.9 Å². The molecule has 5 nitrogen and oxygen atoms in total. The van der Waals surface area contributed by atoms with Crippen molar-refractivity contribution < 1.29 is 14.7 Å². The number of hydrogen-bond donors (Lipinski definition) is 3. The number of carboxylic acids is 1. The number of hydrogen-bond acceptors (Lipinski definition) is 3. The highest BCUT2D eigenvalue weighted by atomic mass is 16.4. The van der Waals surface area contributed by atoms with Crippen molar-refractivity contribution in [1.82, 2.24) is 5.32 Å². The van der Waals surface area contributed by atoms with Crippen molar-refractivity contribution >= 4 is 11.9 Å². The maximum atomic E-state index is 11.9. The molecule has 3 atom stereocenters. The summed E-state index contributed by atoms with van der Waals surface area (Å²) in [4.78, 5) is 23.2. The average Bonchev–Trinajstić information content (AvgIpc) is 2.45. The molecule has 4 N–H and O–H groups in total. The van der Waals surface area contributed by atoms with Gasteiger partial charge in [-0.15, -0.1) is 0 Å². The average molecular weight is 278 g/mol. The molecule has 110 valence electrons. The van der Waals surface area contributed by atoms with E-state index in [-0.39, 0.29) is 12.3 Å². The lowest BCUT2D eigenvalue weighted by Crippen LogP contribution is -2.51. The number of nitrogens with two attached hydrogens (primary N) is 1. The smallest absolute Gasteiger partial charge is 0.326 e. The molecular formula is C15H22N2O3. The molecule has 0 aliphatic carbocycles. The van der Waals surface area contributed by atoms with Gasteiger partial charge in [0.05, 0.1) is 6.04 Å². The van der Waals surface area contributed by atoms with Crippen molar-refractivity contribution in [2.45, 2.75) is 38.8 Å². The molecule has 0 aliphatic rings. The van der Waals surface area contributed by atoms with Gasteiger partial charge in [-0.05, 0) is 11.5 Å².